The molecule has 5 nitrogen and oxygen atoms in total. The van der Waals surface area contributed by atoms with Crippen molar-refractivity contribution in [3.63, 3.8) is 0 Å². The molecule has 4 rings (SSSR count). The van der Waals surface area contributed by atoms with Crippen LogP contribution in [0.15, 0.2) is 36.5 Å². The number of alkyl halides is 3. The number of carbonyl (C=O) groups is 1. The Hall–Kier alpha value is -2.06. The molecule has 3 heterocycles. The van der Waals surface area contributed by atoms with E-state index in [-0.39, 0.29) is 35.7 Å². The summed E-state index contributed by atoms with van der Waals surface area (Å²) in [5, 5.41) is 7.76. The summed E-state index contributed by atoms with van der Waals surface area (Å²) >= 11 is 0. The molecule has 2 fully saturated rings. The van der Waals surface area contributed by atoms with E-state index in [1.54, 1.807) is 18.0 Å². The molecular weight excluding hydrogens is 393 g/mol. The van der Waals surface area contributed by atoms with E-state index >= 15 is 0 Å². The highest BCUT2D eigenvalue weighted by Crippen LogP contribution is 2.31. The van der Waals surface area contributed by atoms with Crippen molar-refractivity contribution in [2.24, 2.45) is 0 Å². The minimum atomic E-state index is -4.42. The monoisotopic (exact) mass is 414 g/mol. The zero-order valence-corrected chi connectivity index (χ0v) is 16.1. The number of piperidine rings is 1. The molecule has 1 amide bonds. The number of carbonyl (C=O) groups excluding carboxylic acids is 1. The van der Waals surface area contributed by atoms with Gasteiger partial charge in [0.25, 0.3) is 5.91 Å². The fourth-order valence-corrected chi connectivity index (χ4v) is 4.10. The second-order valence-corrected chi connectivity index (χ2v) is 7.37. The van der Waals surface area contributed by atoms with Crippen molar-refractivity contribution in [3.8, 4) is 5.69 Å². The van der Waals surface area contributed by atoms with Crippen molar-refractivity contribution in [3.05, 3.63) is 47.8 Å². The van der Waals surface area contributed by atoms with Gasteiger partial charge in [-0.15, -0.1) is 12.4 Å². The van der Waals surface area contributed by atoms with Gasteiger partial charge < -0.3 is 10.2 Å². The van der Waals surface area contributed by atoms with E-state index in [1.165, 1.54) is 23.0 Å². The Bertz CT molecular complexity index is 842. The first-order chi connectivity index (χ1) is 12.8. The van der Waals surface area contributed by atoms with E-state index in [0.717, 1.165) is 37.8 Å². The van der Waals surface area contributed by atoms with Crippen LogP contribution >= 0.6 is 12.4 Å². The minimum Gasteiger partial charge on any atom is -0.337 e. The zero-order chi connectivity index (χ0) is 19.2. The molecule has 1 aromatic heterocycles. The number of hydrogen-bond donors (Lipinski definition) is 1. The first-order valence-electron chi connectivity index (χ1n) is 9.08. The molecular formula is C19H22ClF3N4O. The lowest BCUT2D eigenvalue weighted by molar-refractivity contribution is -0.137. The summed E-state index contributed by atoms with van der Waals surface area (Å²) in [4.78, 5) is 14.5. The summed E-state index contributed by atoms with van der Waals surface area (Å²) in [6.07, 6.45) is 1.24. The maximum Gasteiger partial charge on any atom is 0.416 e. The van der Waals surface area contributed by atoms with Crippen LogP contribution in [0.1, 0.15) is 41.7 Å². The lowest BCUT2D eigenvalue weighted by Gasteiger charge is -2.35. The molecule has 9 heteroatoms. The third-order valence-corrected chi connectivity index (χ3v) is 5.56. The smallest absolute Gasteiger partial charge is 0.337 e. The van der Waals surface area contributed by atoms with Crippen LogP contribution in [0.5, 0.6) is 0 Å². The van der Waals surface area contributed by atoms with Gasteiger partial charge in [-0.2, -0.15) is 18.3 Å². The van der Waals surface area contributed by atoms with Crippen LogP contribution in [-0.2, 0) is 6.18 Å². The quantitative estimate of drug-likeness (QED) is 0.833. The van der Waals surface area contributed by atoms with Gasteiger partial charge in [-0.25, -0.2) is 4.68 Å². The van der Waals surface area contributed by atoms with Crippen LogP contribution in [0.3, 0.4) is 0 Å². The maximum absolute atomic E-state index is 12.9. The van der Waals surface area contributed by atoms with Gasteiger partial charge in [0.2, 0.25) is 0 Å². The molecule has 2 atom stereocenters. The van der Waals surface area contributed by atoms with Crippen LogP contribution in [0.25, 0.3) is 5.69 Å². The van der Waals surface area contributed by atoms with E-state index in [1.807, 2.05) is 0 Å². The maximum atomic E-state index is 12.9. The number of hydrogen-bond acceptors (Lipinski definition) is 3. The summed E-state index contributed by atoms with van der Waals surface area (Å²) in [6.45, 7) is 0. The molecule has 0 spiro atoms. The number of nitrogens with zero attached hydrogens (tertiary/aromatic N) is 3. The highest BCUT2D eigenvalue weighted by atomic mass is 35.5. The van der Waals surface area contributed by atoms with Gasteiger partial charge in [0, 0.05) is 31.4 Å². The second kappa shape index (κ2) is 7.75. The normalized spacial score (nSPS) is 23.9. The van der Waals surface area contributed by atoms with Crippen LogP contribution < -0.4 is 5.32 Å². The molecule has 1 N–H and O–H groups in total. The molecule has 2 saturated heterocycles. The van der Waals surface area contributed by atoms with Crippen LogP contribution in [-0.4, -0.2) is 45.8 Å². The van der Waals surface area contributed by atoms with Gasteiger partial charge in [0.15, 0.2) is 5.69 Å². The molecule has 2 bridgehead atoms. The Balaban J connectivity index is 0.00000225. The molecule has 2 aliphatic rings. The Labute approximate surface area is 167 Å². The lowest BCUT2D eigenvalue weighted by atomic mass is 9.98. The van der Waals surface area contributed by atoms with Gasteiger partial charge in [0.05, 0.1) is 11.3 Å². The summed E-state index contributed by atoms with van der Waals surface area (Å²) in [5.41, 5.74) is -0.238. The molecule has 2 unspecified atom stereocenters. The molecule has 28 heavy (non-hydrogen) atoms. The molecule has 2 aliphatic heterocycles. The number of nitrogens with one attached hydrogen (secondary N) is 1. The molecule has 152 valence electrons. The summed E-state index contributed by atoms with van der Waals surface area (Å²) < 4.78 is 40.0. The Morgan fingerprint density at radius 3 is 2.54 bits per heavy atom. The highest BCUT2D eigenvalue weighted by molar-refractivity contribution is 5.92. The first-order valence-corrected chi connectivity index (χ1v) is 9.08. The molecule has 0 aliphatic carbocycles. The predicted molar refractivity (Wildman–Crippen MR) is 101 cm³/mol. The summed E-state index contributed by atoms with van der Waals surface area (Å²) in [7, 11) is 1.78. The summed E-state index contributed by atoms with van der Waals surface area (Å²) in [6, 6.07) is 7.54. The van der Waals surface area contributed by atoms with Gasteiger partial charge in [-0.1, -0.05) is 6.07 Å². The van der Waals surface area contributed by atoms with Crippen molar-refractivity contribution in [1.29, 1.82) is 0 Å². The second-order valence-electron chi connectivity index (χ2n) is 7.37. The van der Waals surface area contributed by atoms with Crippen LogP contribution in [0.2, 0.25) is 0 Å². The SMILES string of the molecule is CN(C(=O)c1ccn(-c2cccc(C(F)(F)F)c2)n1)C1CC2CCC(C1)N2.Cl. The lowest BCUT2D eigenvalue weighted by Crippen LogP contribution is -2.48. The minimum absolute atomic E-state index is 0. The summed E-state index contributed by atoms with van der Waals surface area (Å²) in [5.74, 6) is -0.202. The fourth-order valence-electron chi connectivity index (χ4n) is 4.10. The molecule has 0 saturated carbocycles. The molecule has 1 aromatic carbocycles. The zero-order valence-electron chi connectivity index (χ0n) is 15.3. The topological polar surface area (TPSA) is 50.2 Å². The number of amides is 1. The van der Waals surface area contributed by atoms with Crippen LogP contribution in [0.4, 0.5) is 13.2 Å². The van der Waals surface area contributed by atoms with E-state index in [4.69, 9.17) is 0 Å². The highest BCUT2D eigenvalue weighted by Gasteiger charge is 2.37. The third kappa shape index (κ3) is 4.03. The number of benzene rings is 1. The standard InChI is InChI=1S/C19H21F3N4O.ClH/c1-25(16-10-13-5-6-14(11-16)23-13)18(27)17-7-8-26(24-17)15-4-2-3-12(9-15)19(20,21)22;/h2-4,7-9,13-14,16,23H,5-6,10-11H2,1H3;1H. The molecule has 0 radical (unpaired) electrons. The average Bonchev–Trinajstić information content (AvgIpc) is 3.26. The van der Waals surface area contributed by atoms with Crippen molar-refractivity contribution in [1.82, 2.24) is 20.0 Å². The molecule has 2 aromatic rings. The number of rotatable bonds is 3. The van der Waals surface area contributed by atoms with Crippen molar-refractivity contribution < 1.29 is 18.0 Å². The fraction of sp³-hybridized carbons (Fsp3) is 0.474. The first kappa shape index (κ1) is 20.7. The van der Waals surface area contributed by atoms with E-state index in [2.05, 4.69) is 10.4 Å². The van der Waals surface area contributed by atoms with Gasteiger partial charge in [-0.3, -0.25) is 4.79 Å². The van der Waals surface area contributed by atoms with E-state index in [0.29, 0.717) is 12.1 Å². The van der Waals surface area contributed by atoms with Crippen molar-refractivity contribution in [2.75, 3.05) is 7.05 Å². The van der Waals surface area contributed by atoms with Crippen molar-refractivity contribution in [2.45, 2.75) is 50.0 Å². The number of fused-ring (bicyclic) bond motifs is 2. The van der Waals surface area contributed by atoms with Gasteiger partial charge in [-0.05, 0) is 49.9 Å². The van der Waals surface area contributed by atoms with E-state index in [9.17, 15) is 18.0 Å². The number of aromatic nitrogens is 2. The van der Waals surface area contributed by atoms with Crippen molar-refractivity contribution >= 4 is 18.3 Å². The van der Waals surface area contributed by atoms with Gasteiger partial charge in [0.1, 0.15) is 0 Å². The van der Waals surface area contributed by atoms with E-state index < -0.39 is 11.7 Å². The Morgan fingerprint density at radius 2 is 1.89 bits per heavy atom. The average molecular weight is 415 g/mol. The predicted octanol–water partition coefficient (Wildman–Crippen LogP) is 3.67. The largest absolute Gasteiger partial charge is 0.416 e. The van der Waals surface area contributed by atoms with Crippen LogP contribution in [0, 0.1) is 0 Å². The Morgan fingerprint density at radius 1 is 1.21 bits per heavy atom. The number of halogens is 4. The third-order valence-electron chi connectivity index (χ3n) is 5.56. The Kier molecular flexibility index (Phi) is 5.72. The van der Waals surface area contributed by atoms with Gasteiger partial charge >= 0.3 is 6.18 Å².